The van der Waals surface area contributed by atoms with Gasteiger partial charge in [-0.3, -0.25) is 9.59 Å². The Hall–Kier alpha value is -2.63. The highest BCUT2D eigenvalue weighted by Gasteiger charge is 2.24. The minimum absolute atomic E-state index is 0.0421. The molecule has 2 atom stereocenters. The molecule has 0 heterocycles. The molecule has 1 rings (SSSR count). The van der Waals surface area contributed by atoms with Gasteiger partial charge in [0.05, 0.1) is 12.6 Å². The number of aliphatic carboxylic acids is 1. The summed E-state index contributed by atoms with van der Waals surface area (Å²) in [6.45, 7) is 7.20. The minimum Gasteiger partial charge on any atom is -0.478 e. The van der Waals surface area contributed by atoms with Crippen molar-refractivity contribution in [3.05, 3.63) is 47.5 Å². The van der Waals surface area contributed by atoms with Gasteiger partial charge < -0.3 is 15.3 Å². The van der Waals surface area contributed by atoms with E-state index in [9.17, 15) is 14.4 Å². The van der Waals surface area contributed by atoms with Crippen LogP contribution in [0.2, 0.25) is 0 Å². The molecule has 2 N–H and O–H groups in total. The van der Waals surface area contributed by atoms with E-state index < -0.39 is 5.97 Å². The molecule has 0 aliphatic carbocycles. The normalized spacial score (nSPS) is 13.7. The number of carboxylic acid groups (broad SMARTS) is 1. The molecule has 0 bridgehead atoms. The predicted molar refractivity (Wildman–Crippen MR) is 110 cm³/mol. The lowest BCUT2D eigenvalue weighted by atomic mass is 9.96. The third-order valence-electron chi connectivity index (χ3n) is 4.88. The Balaban J connectivity index is 2.70. The maximum atomic E-state index is 12.5. The van der Waals surface area contributed by atoms with Crippen LogP contribution < -0.4 is 5.32 Å². The largest absolute Gasteiger partial charge is 0.478 e. The molecule has 2 unspecified atom stereocenters. The maximum Gasteiger partial charge on any atom is 0.331 e. The summed E-state index contributed by atoms with van der Waals surface area (Å²) in [6, 6.07) is 9.43. The maximum absolute atomic E-state index is 12.5. The lowest BCUT2D eigenvalue weighted by molar-refractivity contribution is -0.134. The van der Waals surface area contributed by atoms with E-state index in [1.807, 2.05) is 51.1 Å². The quantitative estimate of drug-likeness (QED) is 0.604. The van der Waals surface area contributed by atoms with Crippen LogP contribution in [0.25, 0.3) is 0 Å². The molecule has 28 heavy (non-hydrogen) atoms. The van der Waals surface area contributed by atoms with Crippen molar-refractivity contribution in [1.29, 1.82) is 0 Å². The highest BCUT2D eigenvalue weighted by atomic mass is 16.4. The fourth-order valence-electron chi connectivity index (χ4n) is 3.00. The van der Waals surface area contributed by atoms with Gasteiger partial charge in [-0.1, -0.05) is 57.2 Å². The number of carbonyl (C=O) groups excluding carboxylic acids is 2. The summed E-state index contributed by atoms with van der Waals surface area (Å²) in [5.41, 5.74) is 1.28. The van der Waals surface area contributed by atoms with Gasteiger partial charge in [0.2, 0.25) is 11.8 Å². The molecule has 0 saturated heterocycles. The molecular weight excluding hydrogens is 356 g/mol. The number of likely N-dealkylation sites (N-methyl/N-ethyl adjacent to an activating group) is 1. The summed E-state index contributed by atoms with van der Waals surface area (Å²) >= 11 is 0. The summed E-state index contributed by atoms with van der Waals surface area (Å²) in [7, 11) is 1.63. The Bertz CT molecular complexity index is 698. The number of carbonyl (C=O) groups is 3. The van der Waals surface area contributed by atoms with Gasteiger partial charge in [-0.05, 0) is 31.2 Å². The molecule has 0 aliphatic heterocycles. The zero-order valence-corrected chi connectivity index (χ0v) is 17.4. The van der Waals surface area contributed by atoms with E-state index in [0.717, 1.165) is 5.56 Å². The Morgan fingerprint density at radius 3 is 2.29 bits per heavy atom. The first-order valence-electron chi connectivity index (χ1n) is 9.66. The van der Waals surface area contributed by atoms with Gasteiger partial charge >= 0.3 is 5.97 Å². The van der Waals surface area contributed by atoms with Crippen LogP contribution in [0.4, 0.5) is 0 Å². The van der Waals surface area contributed by atoms with Crippen LogP contribution in [0.15, 0.2) is 42.0 Å². The molecule has 0 spiro atoms. The molecular formula is C22H32N2O4. The van der Waals surface area contributed by atoms with E-state index in [1.165, 1.54) is 11.8 Å². The highest BCUT2D eigenvalue weighted by Crippen LogP contribution is 2.14. The minimum atomic E-state index is -1.01. The molecule has 6 nitrogen and oxygen atoms in total. The molecule has 0 fully saturated rings. The summed E-state index contributed by atoms with van der Waals surface area (Å²) < 4.78 is 0. The van der Waals surface area contributed by atoms with Crippen molar-refractivity contribution in [3.63, 3.8) is 0 Å². The molecule has 6 heteroatoms. The lowest BCUT2D eigenvalue weighted by Gasteiger charge is -2.29. The summed E-state index contributed by atoms with van der Waals surface area (Å²) in [4.78, 5) is 37.6. The third kappa shape index (κ3) is 7.18. The van der Waals surface area contributed by atoms with Crippen LogP contribution in [0, 0.1) is 11.8 Å². The van der Waals surface area contributed by atoms with Gasteiger partial charge in [-0.2, -0.15) is 0 Å². The number of rotatable bonds is 10. The first-order chi connectivity index (χ1) is 13.2. The standard InChI is InChI=1S/C22H32N2O4/c1-6-18(13-17-10-8-7-9-11-17)21(26)23-14-20(25)24(5)19(15(2)3)12-16(4)22(27)28/h7-12,15,18-19H,6,13-14H2,1-5H3,(H,23,26)(H,27,28)/b16-12+. The van der Waals surface area contributed by atoms with Crippen molar-refractivity contribution >= 4 is 17.8 Å². The zero-order valence-electron chi connectivity index (χ0n) is 17.4. The van der Waals surface area contributed by atoms with Crippen molar-refractivity contribution in [2.45, 2.75) is 46.6 Å². The van der Waals surface area contributed by atoms with E-state index in [0.29, 0.717) is 12.8 Å². The molecule has 1 aromatic rings. The number of nitrogens with one attached hydrogen (secondary N) is 1. The monoisotopic (exact) mass is 388 g/mol. The second-order valence-corrected chi connectivity index (χ2v) is 7.41. The van der Waals surface area contributed by atoms with Crippen molar-refractivity contribution in [3.8, 4) is 0 Å². The number of hydrogen-bond acceptors (Lipinski definition) is 3. The highest BCUT2D eigenvalue weighted by molar-refractivity contribution is 5.87. The van der Waals surface area contributed by atoms with Crippen LogP contribution in [0.1, 0.15) is 39.7 Å². The Labute approximate surface area is 167 Å². The number of hydrogen-bond donors (Lipinski definition) is 2. The first kappa shape index (κ1) is 23.4. The van der Waals surface area contributed by atoms with Crippen LogP contribution in [0.5, 0.6) is 0 Å². The molecule has 1 aromatic carbocycles. The van der Waals surface area contributed by atoms with Crippen molar-refractivity contribution in [2.24, 2.45) is 11.8 Å². The topological polar surface area (TPSA) is 86.7 Å². The molecule has 154 valence electrons. The molecule has 0 radical (unpaired) electrons. The average Bonchev–Trinajstić information content (AvgIpc) is 2.67. The van der Waals surface area contributed by atoms with Crippen LogP contribution in [0.3, 0.4) is 0 Å². The van der Waals surface area contributed by atoms with Crippen LogP contribution >= 0.6 is 0 Å². The van der Waals surface area contributed by atoms with Gasteiger partial charge in [0.25, 0.3) is 0 Å². The number of carboxylic acids is 1. The summed E-state index contributed by atoms with van der Waals surface area (Å²) in [6.07, 6.45) is 2.89. The average molecular weight is 389 g/mol. The summed E-state index contributed by atoms with van der Waals surface area (Å²) in [5.74, 6) is -1.56. The third-order valence-corrected chi connectivity index (χ3v) is 4.88. The first-order valence-corrected chi connectivity index (χ1v) is 9.66. The summed E-state index contributed by atoms with van der Waals surface area (Å²) in [5, 5.41) is 11.8. The fraction of sp³-hybridized carbons (Fsp3) is 0.500. The van der Waals surface area contributed by atoms with Crippen LogP contribution in [-0.4, -0.2) is 47.4 Å². The smallest absolute Gasteiger partial charge is 0.331 e. The van der Waals surface area contributed by atoms with Gasteiger partial charge in [-0.25, -0.2) is 4.79 Å². The number of nitrogens with zero attached hydrogens (tertiary/aromatic N) is 1. The zero-order chi connectivity index (χ0) is 21.3. The Morgan fingerprint density at radius 1 is 1.18 bits per heavy atom. The van der Waals surface area contributed by atoms with Gasteiger partial charge in [0.15, 0.2) is 0 Å². The van der Waals surface area contributed by atoms with Crippen molar-refractivity contribution in [1.82, 2.24) is 10.2 Å². The van der Waals surface area contributed by atoms with E-state index in [2.05, 4.69) is 5.32 Å². The van der Waals surface area contributed by atoms with E-state index in [-0.39, 0.29) is 41.8 Å². The van der Waals surface area contributed by atoms with Gasteiger partial charge in [-0.15, -0.1) is 0 Å². The lowest BCUT2D eigenvalue weighted by Crippen LogP contribution is -2.46. The van der Waals surface area contributed by atoms with E-state index in [4.69, 9.17) is 5.11 Å². The van der Waals surface area contributed by atoms with Crippen LogP contribution in [-0.2, 0) is 20.8 Å². The predicted octanol–water partition coefficient (Wildman–Crippen LogP) is 2.89. The Morgan fingerprint density at radius 2 is 1.79 bits per heavy atom. The van der Waals surface area contributed by atoms with E-state index >= 15 is 0 Å². The second-order valence-electron chi connectivity index (χ2n) is 7.41. The molecule has 2 amide bonds. The fourth-order valence-corrected chi connectivity index (χ4v) is 3.00. The molecule has 0 aliphatic rings. The van der Waals surface area contributed by atoms with Gasteiger partial charge in [0, 0.05) is 18.5 Å². The number of amides is 2. The number of benzene rings is 1. The SMILES string of the molecule is CCC(Cc1ccccc1)C(=O)NCC(=O)N(C)C(/C=C(\C)C(=O)O)C(C)C. The molecule has 0 saturated carbocycles. The van der Waals surface area contributed by atoms with Crippen molar-refractivity contribution in [2.75, 3.05) is 13.6 Å². The van der Waals surface area contributed by atoms with Crippen molar-refractivity contribution < 1.29 is 19.5 Å². The Kier molecular flexibility index (Phi) is 9.42. The second kappa shape index (κ2) is 11.3. The van der Waals surface area contributed by atoms with E-state index in [1.54, 1.807) is 13.1 Å². The van der Waals surface area contributed by atoms with Gasteiger partial charge in [0.1, 0.15) is 0 Å². The molecule has 0 aromatic heterocycles.